The molecule has 0 saturated heterocycles. The Labute approximate surface area is 287 Å². The van der Waals surface area contributed by atoms with Crippen molar-refractivity contribution in [2.75, 3.05) is 26.3 Å². The molecule has 1 N–H and O–H groups in total. The van der Waals surface area contributed by atoms with Gasteiger partial charge >= 0.3 is 11.9 Å². The molecule has 5 nitrogen and oxygen atoms in total. The number of carbonyl (C=O) groups excluding carboxylic acids is 2. The monoisotopic (exact) mass is 652 g/mol. The number of esters is 2. The summed E-state index contributed by atoms with van der Waals surface area (Å²) in [6, 6.07) is 0. The van der Waals surface area contributed by atoms with Gasteiger partial charge in [0.1, 0.15) is 0 Å². The molecular formula is C41H81NO4. The second-order valence-corrected chi connectivity index (χ2v) is 14.1. The number of rotatable bonds is 37. The van der Waals surface area contributed by atoms with Gasteiger partial charge in [0.25, 0.3) is 0 Å². The molecule has 0 saturated carbocycles. The summed E-state index contributed by atoms with van der Waals surface area (Å²) in [6.45, 7) is 12.2. The molecule has 0 aromatic carbocycles. The van der Waals surface area contributed by atoms with Gasteiger partial charge in [-0.2, -0.15) is 0 Å². The highest BCUT2D eigenvalue weighted by atomic mass is 16.5. The van der Waals surface area contributed by atoms with E-state index in [1.807, 2.05) is 0 Å². The second-order valence-electron chi connectivity index (χ2n) is 14.1. The zero-order valence-electron chi connectivity index (χ0n) is 31.6. The molecule has 0 bridgehead atoms. The summed E-state index contributed by atoms with van der Waals surface area (Å²) in [7, 11) is 0. The van der Waals surface area contributed by atoms with E-state index < -0.39 is 0 Å². The maximum atomic E-state index is 12.8. The quantitative estimate of drug-likeness (QED) is 0.0535. The van der Waals surface area contributed by atoms with Crippen LogP contribution < -0.4 is 5.32 Å². The van der Waals surface area contributed by atoms with E-state index in [2.05, 4.69) is 33.0 Å². The Morgan fingerprint density at radius 1 is 0.391 bits per heavy atom. The van der Waals surface area contributed by atoms with Gasteiger partial charge in [-0.15, -0.1) is 0 Å². The molecule has 0 amide bonds. The minimum Gasteiger partial charge on any atom is -0.465 e. The van der Waals surface area contributed by atoms with E-state index in [-0.39, 0.29) is 23.8 Å². The molecule has 0 spiro atoms. The molecular weight excluding hydrogens is 570 g/mol. The summed E-state index contributed by atoms with van der Waals surface area (Å²) in [5, 5.41) is 3.58. The molecule has 0 rings (SSSR count). The summed E-state index contributed by atoms with van der Waals surface area (Å²) in [4.78, 5) is 25.4. The minimum atomic E-state index is 0.0536. The van der Waals surface area contributed by atoms with Crippen molar-refractivity contribution in [2.45, 2.75) is 214 Å². The normalized spacial score (nSPS) is 12.7. The molecule has 5 heteroatoms. The van der Waals surface area contributed by atoms with E-state index >= 15 is 0 Å². The van der Waals surface area contributed by atoms with E-state index in [1.165, 1.54) is 116 Å². The first-order chi connectivity index (χ1) is 22.6. The lowest BCUT2D eigenvalue weighted by atomic mass is 9.94. The van der Waals surface area contributed by atoms with E-state index in [1.54, 1.807) is 0 Å². The molecule has 0 aromatic heterocycles. The lowest BCUT2D eigenvalue weighted by Crippen LogP contribution is -2.19. The molecule has 0 radical (unpaired) electrons. The molecule has 2 unspecified atom stereocenters. The zero-order valence-corrected chi connectivity index (χ0v) is 31.6. The molecule has 2 atom stereocenters. The molecule has 0 heterocycles. The fourth-order valence-electron chi connectivity index (χ4n) is 6.32. The van der Waals surface area contributed by atoms with Crippen molar-refractivity contribution in [1.29, 1.82) is 0 Å². The first-order valence-electron chi connectivity index (χ1n) is 20.6. The summed E-state index contributed by atoms with van der Waals surface area (Å²) in [5.41, 5.74) is 0. The third-order valence-corrected chi connectivity index (χ3v) is 9.53. The van der Waals surface area contributed by atoms with Crippen LogP contribution in [0.5, 0.6) is 0 Å². The third-order valence-electron chi connectivity index (χ3n) is 9.53. The average molecular weight is 652 g/mol. The average Bonchev–Trinajstić information content (AvgIpc) is 3.06. The molecule has 46 heavy (non-hydrogen) atoms. The van der Waals surface area contributed by atoms with Gasteiger partial charge in [-0.3, -0.25) is 9.59 Å². The topological polar surface area (TPSA) is 64.6 Å². The number of ether oxygens (including phenoxy) is 2. The lowest BCUT2D eigenvalue weighted by Gasteiger charge is -2.16. The van der Waals surface area contributed by atoms with Crippen molar-refractivity contribution in [1.82, 2.24) is 5.32 Å². The molecule has 0 aromatic rings. The smallest absolute Gasteiger partial charge is 0.308 e. The lowest BCUT2D eigenvalue weighted by molar-refractivity contribution is -0.150. The first kappa shape index (κ1) is 44.9. The van der Waals surface area contributed by atoms with Crippen molar-refractivity contribution >= 4 is 11.9 Å². The van der Waals surface area contributed by atoms with Crippen molar-refractivity contribution in [3.8, 4) is 0 Å². The maximum Gasteiger partial charge on any atom is 0.308 e. The SMILES string of the molecule is CCCCCCCCC(CCCCCC)C(=O)OCCCCCCNCCCCCCOC(=O)C(CCCCC)CCCCCC. The van der Waals surface area contributed by atoms with Gasteiger partial charge in [0.15, 0.2) is 0 Å². The third kappa shape index (κ3) is 30.2. The van der Waals surface area contributed by atoms with Crippen molar-refractivity contribution in [3.63, 3.8) is 0 Å². The summed E-state index contributed by atoms with van der Waals surface area (Å²) in [6.07, 6.45) is 34.0. The van der Waals surface area contributed by atoms with Crippen LogP contribution in [-0.4, -0.2) is 38.2 Å². The van der Waals surface area contributed by atoms with Gasteiger partial charge in [-0.25, -0.2) is 0 Å². The predicted octanol–water partition coefficient (Wildman–Crippen LogP) is 12.3. The minimum absolute atomic E-state index is 0.0536. The highest BCUT2D eigenvalue weighted by Crippen LogP contribution is 2.22. The van der Waals surface area contributed by atoms with Gasteiger partial charge in [0.05, 0.1) is 25.0 Å². The number of hydrogen-bond acceptors (Lipinski definition) is 5. The van der Waals surface area contributed by atoms with Crippen molar-refractivity contribution in [2.24, 2.45) is 11.8 Å². The first-order valence-corrected chi connectivity index (χ1v) is 20.6. The Morgan fingerprint density at radius 2 is 0.674 bits per heavy atom. The fraction of sp³-hybridized carbons (Fsp3) is 0.951. The molecule has 0 aliphatic heterocycles. The van der Waals surface area contributed by atoms with Crippen LogP contribution in [0.1, 0.15) is 214 Å². The summed E-state index contributed by atoms with van der Waals surface area (Å²) >= 11 is 0. The van der Waals surface area contributed by atoms with Crippen LogP contribution in [-0.2, 0) is 19.1 Å². The predicted molar refractivity (Wildman–Crippen MR) is 198 cm³/mol. The number of nitrogens with one attached hydrogen (secondary N) is 1. The van der Waals surface area contributed by atoms with Crippen LogP contribution in [0.25, 0.3) is 0 Å². The largest absolute Gasteiger partial charge is 0.465 e. The molecule has 0 fully saturated rings. The van der Waals surface area contributed by atoms with Gasteiger partial charge in [-0.1, -0.05) is 163 Å². The van der Waals surface area contributed by atoms with Gasteiger partial charge in [-0.05, 0) is 64.5 Å². The highest BCUT2D eigenvalue weighted by molar-refractivity contribution is 5.72. The Kier molecular flexibility index (Phi) is 35.9. The Morgan fingerprint density at radius 3 is 1.09 bits per heavy atom. The molecule has 274 valence electrons. The zero-order chi connectivity index (χ0) is 33.8. The Balaban J connectivity index is 3.82. The van der Waals surface area contributed by atoms with Gasteiger partial charge in [0.2, 0.25) is 0 Å². The van der Waals surface area contributed by atoms with E-state index in [4.69, 9.17) is 9.47 Å². The Hall–Kier alpha value is -1.10. The fourth-order valence-corrected chi connectivity index (χ4v) is 6.32. The highest BCUT2D eigenvalue weighted by Gasteiger charge is 2.20. The van der Waals surface area contributed by atoms with E-state index in [0.29, 0.717) is 13.2 Å². The van der Waals surface area contributed by atoms with Gasteiger partial charge < -0.3 is 14.8 Å². The van der Waals surface area contributed by atoms with Crippen LogP contribution in [0.15, 0.2) is 0 Å². The van der Waals surface area contributed by atoms with Crippen molar-refractivity contribution < 1.29 is 19.1 Å². The number of hydrogen-bond donors (Lipinski definition) is 1. The maximum absolute atomic E-state index is 12.8. The number of unbranched alkanes of at least 4 members (excludes halogenated alkanes) is 19. The van der Waals surface area contributed by atoms with Crippen LogP contribution in [0.2, 0.25) is 0 Å². The summed E-state index contributed by atoms with van der Waals surface area (Å²) < 4.78 is 11.4. The number of carbonyl (C=O) groups is 2. The second kappa shape index (κ2) is 36.7. The van der Waals surface area contributed by atoms with E-state index in [0.717, 1.165) is 83.7 Å². The van der Waals surface area contributed by atoms with Crippen LogP contribution in [0.3, 0.4) is 0 Å². The Bertz CT molecular complexity index is 640. The molecule has 0 aliphatic carbocycles. The van der Waals surface area contributed by atoms with Crippen molar-refractivity contribution in [3.05, 3.63) is 0 Å². The van der Waals surface area contributed by atoms with Crippen LogP contribution in [0.4, 0.5) is 0 Å². The van der Waals surface area contributed by atoms with Crippen LogP contribution in [0, 0.1) is 11.8 Å². The van der Waals surface area contributed by atoms with Gasteiger partial charge in [0, 0.05) is 0 Å². The molecule has 0 aliphatic rings. The standard InChI is InChI=1S/C41H81NO4/c1-5-9-13-16-17-25-33-39(32-24-15-11-7-3)41(44)46-37-29-21-19-27-35-42-34-26-18-20-28-36-45-40(43)38(30-22-12-8-4)31-23-14-10-6-2/h38-39,42H,5-37H2,1-4H3. The summed E-state index contributed by atoms with van der Waals surface area (Å²) in [5.74, 6) is 0.340. The van der Waals surface area contributed by atoms with Crippen LogP contribution >= 0.6 is 0 Å². The van der Waals surface area contributed by atoms with E-state index in [9.17, 15) is 9.59 Å².